The van der Waals surface area contributed by atoms with Crippen LogP contribution in [-0.2, 0) is 0 Å². The Kier molecular flexibility index (Phi) is 5.15. The number of aliphatic hydroxyl groups is 1. The molecule has 1 aromatic rings. The highest BCUT2D eigenvalue weighted by molar-refractivity contribution is 5.96. The summed E-state index contributed by atoms with van der Waals surface area (Å²) in [4.78, 5) is 12.2. The van der Waals surface area contributed by atoms with E-state index in [0.29, 0.717) is 31.0 Å². The first-order valence-electron chi connectivity index (χ1n) is 6.72. The second-order valence-corrected chi connectivity index (χ2v) is 4.79. The minimum Gasteiger partial charge on any atom is -0.489 e. The predicted molar refractivity (Wildman–Crippen MR) is 76.8 cm³/mol. The van der Waals surface area contributed by atoms with Gasteiger partial charge in [0.05, 0.1) is 11.7 Å². The number of β-amino-alcohol motifs (C(OH)–C–C–N with tert-alkyl or cyclic N) is 1. The molecule has 1 heterocycles. The lowest BCUT2D eigenvalue weighted by atomic mass is 10.1. The molecule has 0 radical (unpaired) electrons. The summed E-state index contributed by atoms with van der Waals surface area (Å²) in [5, 5.41) is 15.6. The molecule has 1 fully saturated rings. The molecule has 0 aliphatic carbocycles. The van der Waals surface area contributed by atoms with Gasteiger partial charge in [-0.2, -0.15) is 0 Å². The van der Waals surface area contributed by atoms with Crippen LogP contribution in [0.15, 0.2) is 36.9 Å². The molecule has 1 aliphatic heterocycles. The van der Waals surface area contributed by atoms with Crippen molar-refractivity contribution in [1.82, 2.24) is 10.6 Å². The van der Waals surface area contributed by atoms with Gasteiger partial charge in [-0.05, 0) is 12.1 Å². The summed E-state index contributed by atoms with van der Waals surface area (Å²) in [7, 11) is 0. The van der Waals surface area contributed by atoms with E-state index >= 15 is 0 Å². The minimum absolute atomic E-state index is 0.0557. The molecule has 2 unspecified atom stereocenters. The van der Waals surface area contributed by atoms with Crippen LogP contribution in [-0.4, -0.2) is 43.4 Å². The van der Waals surface area contributed by atoms with Crippen LogP contribution in [0.25, 0.3) is 0 Å². The summed E-state index contributed by atoms with van der Waals surface area (Å²) in [6.07, 6.45) is 1.23. The van der Waals surface area contributed by atoms with Crippen LogP contribution in [0.3, 0.4) is 0 Å². The third-order valence-electron chi connectivity index (χ3n) is 3.32. The molecule has 1 amide bonds. The second kappa shape index (κ2) is 7.07. The Morgan fingerprint density at radius 1 is 1.50 bits per heavy atom. The lowest BCUT2D eigenvalue weighted by Crippen LogP contribution is -2.34. The first kappa shape index (κ1) is 14.6. The zero-order valence-corrected chi connectivity index (χ0v) is 11.3. The van der Waals surface area contributed by atoms with Crippen molar-refractivity contribution >= 4 is 5.91 Å². The van der Waals surface area contributed by atoms with Gasteiger partial charge in [-0.1, -0.05) is 24.8 Å². The quantitative estimate of drug-likeness (QED) is 0.664. The molecule has 1 aliphatic rings. The number of hydrogen-bond donors (Lipinski definition) is 3. The molecule has 2 rings (SSSR count). The van der Waals surface area contributed by atoms with E-state index in [2.05, 4.69) is 17.2 Å². The maximum Gasteiger partial charge on any atom is 0.255 e. The van der Waals surface area contributed by atoms with Gasteiger partial charge in [-0.25, -0.2) is 0 Å². The Bertz CT molecular complexity index is 476. The van der Waals surface area contributed by atoms with E-state index in [4.69, 9.17) is 4.74 Å². The molecule has 2 atom stereocenters. The maximum atomic E-state index is 12.2. The van der Waals surface area contributed by atoms with Crippen molar-refractivity contribution < 1.29 is 14.6 Å². The summed E-state index contributed by atoms with van der Waals surface area (Å²) in [6, 6.07) is 7.09. The number of aliphatic hydroxyl groups excluding tert-OH is 1. The fourth-order valence-corrected chi connectivity index (χ4v) is 2.18. The molecule has 0 saturated carbocycles. The van der Waals surface area contributed by atoms with Gasteiger partial charge in [-0.3, -0.25) is 4.79 Å². The van der Waals surface area contributed by atoms with Crippen molar-refractivity contribution in [3.8, 4) is 5.75 Å². The molecule has 3 N–H and O–H groups in total. The van der Waals surface area contributed by atoms with Crippen LogP contribution in [0.4, 0.5) is 0 Å². The van der Waals surface area contributed by atoms with Gasteiger partial charge in [0.25, 0.3) is 5.91 Å². The zero-order chi connectivity index (χ0) is 14.4. The van der Waals surface area contributed by atoms with Gasteiger partial charge >= 0.3 is 0 Å². The number of nitrogens with one attached hydrogen (secondary N) is 2. The highest BCUT2D eigenvalue weighted by atomic mass is 16.5. The molecule has 1 saturated heterocycles. The standard InChI is InChI=1S/C15H20N2O3/c1-2-7-20-14-6-4-3-5-12(14)15(19)17-9-11-8-16-10-13(11)18/h2-6,11,13,16,18H,1,7-10H2,(H,17,19). The highest BCUT2D eigenvalue weighted by Gasteiger charge is 2.25. The Morgan fingerprint density at radius 2 is 2.30 bits per heavy atom. The van der Waals surface area contributed by atoms with Gasteiger partial charge in [0, 0.05) is 25.6 Å². The summed E-state index contributed by atoms with van der Waals surface area (Å²) in [6.45, 7) is 5.69. The highest BCUT2D eigenvalue weighted by Crippen LogP contribution is 2.18. The molecule has 0 aromatic heterocycles. The average Bonchev–Trinajstić information content (AvgIpc) is 2.88. The van der Waals surface area contributed by atoms with E-state index in [0.717, 1.165) is 6.54 Å². The van der Waals surface area contributed by atoms with Crippen LogP contribution in [0, 0.1) is 5.92 Å². The van der Waals surface area contributed by atoms with Crippen molar-refractivity contribution in [3.63, 3.8) is 0 Å². The van der Waals surface area contributed by atoms with Crippen molar-refractivity contribution in [1.29, 1.82) is 0 Å². The number of benzene rings is 1. The summed E-state index contributed by atoms with van der Waals surface area (Å²) < 4.78 is 5.46. The van der Waals surface area contributed by atoms with Gasteiger partial charge in [0.1, 0.15) is 12.4 Å². The van der Waals surface area contributed by atoms with Crippen molar-refractivity contribution in [2.24, 2.45) is 5.92 Å². The van der Waals surface area contributed by atoms with Crippen LogP contribution < -0.4 is 15.4 Å². The molecule has 108 valence electrons. The summed E-state index contributed by atoms with van der Waals surface area (Å²) >= 11 is 0. The summed E-state index contributed by atoms with van der Waals surface area (Å²) in [5.74, 6) is 0.402. The van der Waals surface area contributed by atoms with E-state index in [1.165, 1.54) is 0 Å². The van der Waals surface area contributed by atoms with E-state index in [1.54, 1.807) is 24.3 Å². The third-order valence-corrected chi connectivity index (χ3v) is 3.32. The number of carbonyl (C=O) groups is 1. The fraction of sp³-hybridized carbons (Fsp3) is 0.400. The molecule has 5 heteroatoms. The largest absolute Gasteiger partial charge is 0.489 e. The Balaban J connectivity index is 1.96. The number of hydrogen-bond acceptors (Lipinski definition) is 4. The van der Waals surface area contributed by atoms with E-state index < -0.39 is 6.10 Å². The van der Waals surface area contributed by atoms with Gasteiger partial charge in [0.15, 0.2) is 0 Å². The van der Waals surface area contributed by atoms with Crippen molar-refractivity contribution in [2.75, 3.05) is 26.2 Å². The number of ether oxygens (including phenoxy) is 1. The molecular formula is C15H20N2O3. The molecular weight excluding hydrogens is 256 g/mol. The predicted octanol–water partition coefficient (Wildman–Crippen LogP) is 0.562. The molecule has 20 heavy (non-hydrogen) atoms. The minimum atomic E-state index is -0.400. The van der Waals surface area contributed by atoms with Gasteiger partial charge < -0.3 is 20.5 Å². The monoisotopic (exact) mass is 276 g/mol. The second-order valence-electron chi connectivity index (χ2n) is 4.79. The zero-order valence-electron chi connectivity index (χ0n) is 11.3. The average molecular weight is 276 g/mol. The van der Waals surface area contributed by atoms with E-state index in [1.807, 2.05) is 6.07 Å². The molecule has 5 nitrogen and oxygen atoms in total. The third kappa shape index (κ3) is 3.59. The van der Waals surface area contributed by atoms with Gasteiger partial charge in [0.2, 0.25) is 0 Å². The molecule has 1 aromatic carbocycles. The Morgan fingerprint density at radius 3 is 3.00 bits per heavy atom. The first-order valence-corrected chi connectivity index (χ1v) is 6.72. The fourth-order valence-electron chi connectivity index (χ4n) is 2.18. The van der Waals surface area contributed by atoms with Crippen molar-refractivity contribution in [2.45, 2.75) is 6.10 Å². The van der Waals surface area contributed by atoms with Crippen LogP contribution in [0.1, 0.15) is 10.4 Å². The smallest absolute Gasteiger partial charge is 0.255 e. The lowest BCUT2D eigenvalue weighted by Gasteiger charge is -2.15. The molecule has 0 bridgehead atoms. The van der Waals surface area contributed by atoms with Crippen LogP contribution >= 0.6 is 0 Å². The number of amides is 1. The van der Waals surface area contributed by atoms with Crippen molar-refractivity contribution in [3.05, 3.63) is 42.5 Å². The van der Waals surface area contributed by atoms with Crippen LogP contribution in [0.5, 0.6) is 5.75 Å². The number of carbonyl (C=O) groups excluding carboxylic acids is 1. The maximum absolute atomic E-state index is 12.2. The molecule has 0 spiro atoms. The van der Waals surface area contributed by atoms with Gasteiger partial charge in [-0.15, -0.1) is 0 Å². The van der Waals surface area contributed by atoms with E-state index in [9.17, 15) is 9.90 Å². The normalized spacial score (nSPS) is 21.4. The Labute approximate surface area is 118 Å². The number of para-hydroxylation sites is 1. The first-order chi connectivity index (χ1) is 9.72. The Hall–Kier alpha value is -1.85. The topological polar surface area (TPSA) is 70.6 Å². The van der Waals surface area contributed by atoms with Crippen LogP contribution in [0.2, 0.25) is 0 Å². The SMILES string of the molecule is C=CCOc1ccccc1C(=O)NCC1CNCC1O. The summed E-state index contributed by atoms with van der Waals surface area (Å²) in [5.41, 5.74) is 0.495. The lowest BCUT2D eigenvalue weighted by molar-refractivity contribution is 0.0923. The number of rotatable bonds is 6. The van der Waals surface area contributed by atoms with E-state index in [-0.39, 0.29) is 11.8 Å².